The predicted molar refractivity (Wildman–Crippen MR) is 89.9 cm³/mol. The Kier molecular flexibility index (Phi) is 5.67. The third-order valence-corrected chi connectivity index (χ3v) is 3.71. The largest absolute Gasteiger partial charge is 0.417 e. The van der Waals surface area contributed by atoms with Gasteiger partial charge in [0.15, 0.2) is 0 Å². The molecule has 0 unspecified atom stereocenters. The number of hydrogen-bond donors (Lipinski definition) is 1. The van der Waals surface area contributed by atoms with Crippen LogP contribution in [0, 0.1) is 0 Å². The average Bonchev–Trinajstić information content (AvgIpc) is 2.53. The van der Waals surface area contributed by atoms with E-state index < -0.39 is 17.6 Å². The van der Waals surface area contributed by atoms with Crippen molar-refractivity contribution in [3.05, 3.63) is 70.3 Å². The first-order chi connectivity index (χ1) is 11.3. The van der Waals surface area contributed by atoms with Crippen LogP contribution < -0.4 is 5.32 Å². The summed E-state index contributed by atoms with van der Waals surface area (Å²) >= 11 is 5.56. The van der Waals surface area contributed by atoms with Crippen LogP contribution >= 0.6 is 11.6 Å². The molecule has 2 aromatic rings. The number of carbonyl (C=O) groups excluding carboxylic acids is 1. The smallest absolute Gasteiger partial charge is 0.322 e. The van der Waals surface area contributed by atoms with Gasteiger partial charge >= 0.3 is 6.18 Å². The molecule has 0 atom stereocenters. The van der Waals surface area contributed by atoms with Crippen molar-refractivity contribution in [2.45, 2.75) is 19.5 Å². The van der Waals surface area contributed by atoms with E-state index in [4.69, 9.17) is 11.6 Å². The second-order valence-electron chi connectivity index (χ2n) is 5.07. The van der Waals surface area contributed by atoms with Crippen LogP contribution in [0.5, 0.6) is 0 Å². The van der Waals surface area contributed by atoms with Crippen molar-refractivity contribution in [3.8, 4) is 0 Å². The first-order valence-corrected chi connectivity index (χ1v) is 7.62. The maximum atomic E-state index is 12.8. The predicted octanol–water partition coefficient (Wildman–Crippen LogP) is 5.57. The van der Waals surface area contributed by atoms with Crippen molar-refractivity contribution >= 4 is 29.3 Å². The summed E-state index contributed by atoms with van der Waals surface area (Å²) in [5.74, 6) is -0.417. The Labute approximate surface area is 142 Å². The maximum absolute atomic E-state index is 12.8. The van der Waals surface area contributed by atoms with E-state index in [0.29, 0.717) is 5.69 Å². The third kappa shape index (κ3) is 4.61. The Morgan fingerprint density at radius 1 is 1.21 bits per heavy atom. The summed E-state index contributed by atoms with van der Waals surface area (Å²) in [5, 5.41) is 2.34. The van der Waals surface area contributed by atoms with Crippen molar-refractivity contribution in [1.29, 1.82) is 0 Å². The molecule has 0 heterocycles. The molecule has 24 heavy (non-hydrogen) atoms. The second kappa shape index (κ2) is 7.53. The monoisotopic (exact) mass is 353 g/mol. The van der Waals surface area contributed by atoms with Gasteiger partial charge in [0.2, 0.25) is 5.91 Å². The fraction of sp³-hybridized carbons (Fsp3) is 0.167. The molecule has 1 amide bonds. The molecule has 0 radical (unpaired) electrons. The lowest BCUT2D eigenvalue weighted by atomic mass is 10.1. The fourth-order valence-corrected chi connectivity index (χ4v) is 2.39. The van der Waals surface area contributed by atoms with Crippen LogP contribution in [0.1, 0.15) is 23.6 Å². The van der Waals surface area contributed by atoms with Gasteiger partial charge in [-0.2, -0.15) is 13.2 Å². The Morgan fingerprint density at radius 2 is 1.92 bits per heavy atom. The van der Waals surface area contributed by atoms with Gasteiger partial charge < -0.3 is 5.32 Å². The molecule has 0 bridgehead atoms. The Morgan fingerprint density at radius 3 is 2.58 bits per heavy atom. The average molecular weight is 354 g/mol. The SMILES string of the molecule is CCc1ccccc1NC(=O)/C=C/c1ccc(Cl)c(C(F)(F)F)c1. The van der Waals surface area contributed by atoms with E-state index in [1.165, 1.54) is 18.2 Å². The maximum Gasteiger partial charge on any atom is 0.417 e. The van der Waals surface area contributed by atoms with Crippen molar-refractivity contribution in [2.24, 2.45) is 0 Å². The van der Waals surface area contributed by atoms with Crippen molar-refractivity contribution in [3.63, 3.8) is 0 Å². The van der Waals surface area contributed by atoms with Gasteiger partial charge in [-0.05, 0) is 41.8 Å². The summed E-state index contributed by atoms with van der Waals surface area (Å²) in [5.41, 5.74) is 0.973. The van der Waals surface area contributed by atoms with Crippen LogP contribution in [0.25, 0.3) is 6.08 Å². The normalized spacial score (nSPS) is 11.7. The van der Waals surface area contributed by atoms with Gasteiger partial charge in [-0.1, -0.05) is 42.8 Å². The minimum atomic E-state index is -4.54. The number of nitrogens with one attached hydrogen (secondary N) is 1. The number of amides is 1. The molecule has 0 aliphatic carbocycles. The van der Waals surface area contributed by atoms with Crippen molar-refractivity contribution < 1.29 is 18.0 Å². The highest BCUT2D eigenvalue weighted by Gasteiger charge is 2.33. The number of halogens is 4. The number of para-hydroxylation sites is 1. The van der Waals surface area contributed by atoms with E-state index >= 15 is 0 Å². The number of alkyl halides is 3. The molecule has 2 nitrogen and oxygen atoms in total. The van der Waals surface area contributed by atoms with Gasteiger partial charge in [0.25, 0.3) is 0 Å². The zero-order valence-electron chi connectivity index (χ0n) is 12.8. The lowest BCUT2D eigenvalue weighted by Gasteiger charge is -2.09. The highest BCUT2D eigenvalue weighted by atomic mass is 35.5. The molecular formula is C18H15ClF3NO. The first-order valence-electron chi connectivity index (χ1n) is 7.25. The molecule has 0 aromatic heterocycles. The number of hydrogen-bond acceptors (Lipinski definition) is 1. The lowest BCUT2D eigenvalue weighted by molar-refractivity contribution is -0.137. The number of anilines is 1. The van der Waals surface area contributed by atoms with Gasteiger partial charge in [0.05, 0.1) is 10.6 Å². The van der Waals surface area contributed by atoms with Crippen LogP contribution in [0.15, 0.2) is 48.5 Å². The Bertz CT molecular complexity index is 769. The Hall–Kier alpha value is -2.27. The molecule has 0 aliphatic heterocycles. The van der Waals surface area contributed by atoms with Gasteiger partial charge in [0.1, 0.15) is 0 Å². The highest BCUT2D eigenvalue weighted by Crippen LogP contribution is 2.35. The molecule has 0 aliphatic rings. The van der Waals surface area contributed by atoms with E-state index in [1.54, 1.807) is 12.1 Å². The summed E-state index contributed by atoms with van der Waals surface area (Å²) in [6, 6.07) is 10.8. The minimum Gasteiger partial charge on any atom is -0.322 e. The standard InChI is InChI=1S/C18H15ClF3NO/c1-2-13-5-3-4-6-16(13)23-17(24)10-8-12-7-9-15(19)14(11-12)18(20,21)22/h3-11H,2H2,1H3,(H,23,24)/b10-8+. The number of rotatable bonds is 4. The van der Waals surface area contributed by atoms with Crippen LogP contribution in [-0.2, 0) is 17.4 Å². The van der Waals surface area contributed by atoms with E-state index in [0.717, 1.165) is 24.1 Å². The summed E-state index contributed by atoms with van der Waals surface area (Å²) in [6.07, 6.45) is -1.28. The van der Waals surface area contributed by atoms with E-state index in [1.807, 2.05) is 19.1 Å². The minimum absolute atomic E-state index is 0.241. The third-order valence-electron chi connectivity index (χ3n) is 3.38. The zero-order chi connectivity index (χ0) is 17.7. The van der Waals surface area contributed by atoms with Gasteiger partial charge in [-0.25, -0.2) is 0 Å². The topological polar surface area (TPSA) is 29.1 Å². The summed E-state index contributed by atoms with van der Waals surface area (Å²) in [7, 11) is 0. The molecule has 0 spiro atoms. The van der Waals surface area contributed by atoms with Crippen molar-refractivity contribution in [2.75, 3.05) is 5.32 Å². The zero-order valence-corrected chi connectivity index (χ0v) is 13.6. The molecule has 1 N–H and O–H groups in total. The first kappa shape index (κ1) is 18.1. The van der Waals surface area contributed by atoms with E-state index in [-0.39, 0.29) is 10.6 Å². The van der Waals surface area contributed by atoms with Crippen LogP contribution in [0.2, 0.25) is 5.02 Å². The molecular weight excluding hydrogens is 339 g/mol. The van der Waals surface area contributed by atoms with E-state index in [2.05, 4.69) is 5.32 Å². The van der Waals surface area contributed by atoms with Gasteiger partial charge in [-0.15, -0.1) is 0 Å². The molecule has 0 fully saturated rings. The second-order valence-corrected chi connectivity index (χ2v) is 5.48. The molecule has 0 saturated carbocycles. The molecule has 2 rings (SSSR count). The van der Waals surface area contributed by atoms with E-state index in [9.17, 15) is 18.0 Å². The number of benzene rings is 2. The molecule has 2 aromatic carbocycles. The molecule has 6 heteroatoms. The lowest BCUT2D eigenvalue weighted by Crippen LogP contribution is -2.09. The van der Waals surface area contributed by atoms with Crippen LogP contribution in [-0.4, -0.2) is 5.91 Å². The summed E-state index contributed by atoms with van der Waals surface area (Å²) in [4.78, 5) is 12.0. The van der Waals surface area contributed by atoms with Gasteiger partial charge in [-0.3, -0.25) is 4.79 Å². The fourth-order valence-electron chi connectivity index (χ4n) is 2.16. The van der Waals surface area contributed by atoms with Crippen molar-refractivity contribution in [1.82, 2.24) is 0 Å². The quantitative estimate of drug-likeness (QED) is 0.715. The van der Waals surface area contributed by atoms with Crippen LogP contribution in [0.3, 0.4) is 0 Å². The van der Waals surface area contributed by atoms with Crippen LogP contribution in [0.4, 0.5) is 18.9 Å². The highest BCUT2D eigenvalue weighted by molar-refractivity contribution is 6.31. The summed E-state index contributed by atoms with van der Waals surface area (Å²) < 4.78 is 38.4. The number of aryl methyl sites for hydroxylation is 1. The number of carbonyl (C=O) groups is 1. The van der Waals surface area contributed by atoms with Gasteiger partial charge in [0, 0.05) is 11.8 Å². The Balaban J connectivity index is 2.15. The molecule has 126 valence electrons. The summed E-state index contributed by atoms with van der Waals surface area (Å²) in [6.45, 7) is 1.97. The molecule has 0 saturated heterocycles.